The minimum absolute atomic E-state index is 0.0343. The minimum Gasteiger partial charge on any atom is -0.467 e. The molecule has 6 heteroatoms. The maximum absolute atomic E-state index is 13.6. The predicted octanol–water partition coefficient (Wildman–Crippen LogP) is 4.79. The van der Waals surface area contributed by atoms with E-state index in [1.54, 1.807) is 21.8 Å². The summed E-state index contributed by atoms with van der Waals surface area (Å²) in [5, 5.41) is 0.552. The van der Waals surface area contributed by atoms with Gasteiger partial charge in [0.2, 0.25) is 5.91 Å². The number of furan rings is 1. The Morgan fingerprint density at radius 1 is 1.16 bits per heavy atom. The first kappa shape index (κ1) is 20.2. The summed E-state index contributed by atoms with van der Waals surface area (Å²) in [6.45, 7) is 4.26. The van der Waals surface area contributed by atoms with Crippen molar-refractivity contribution in [2.24, 2.45) is 5.92 Å². The van der Waals surface area contributed by atoms with E-state index in [-0.39, 0.29) is 17.4 Å². The summed E-state index contributed by atoms with van der Waals surface area (Å²) in [5.74, 6) is 1.36. The van der Waals surface area contributed by atoms with Crippen LogP contribution in [0.4, 0.5) is 0 Å². The highest BCUT2D eigenvalue weighted by molar-refractivity contribution is 5.82. The van der Waals surface area contributed by atoms with Crippen LogP contribution < -0.4 is 5.56 Å². The number of carbonyl (C=O) groups excluding carboxylic acids is 1. The number of rotatable bonds is 6. The number of para-hydroxylation sites is 1. The van der Waals surface area contributed by atoms with Gasteiger partial charge in [-0.3, -0.25) is 14.2 Å². The normalized spacial score (nSPS) is 14.4. The van der Waals surface area contributed by atoms with Crippen LogP contribution in [-0.4, -0.2) is 20.4 Å². The van der Waals surface area contributed by atoms with E-state index in [2.05, 4.69) is 0 Å². The summed E-state index contributed by atoms with van der Waals surface area (Å²) in [4.78, 5) is 33.6. The molecule has 0 spiro atoms. The number of nitrogens with zero attached hydrogens (tertiary/aromatic N) is 3. The zero-order valence-corrected chi connectivity index (χ0v) is 18.2. The lowest BCUT2D eigenvalue weighted by Gasteiger charge is -2.30. The summed E-state index contributed by atoms with van der Waals surface area (Å²) in [6.07, 6.45) is 3.41. The van der Waals surface area contributed by atoms with E-state index < -0.39 is 6.04 Å². The first-order chi connectivity index (χ1) is 15.5. The molecule has 2 heterocycles. The Bertz CT molecular complexity index is 1340. The van der Waals surface area contributed by atoms with Crippen molar-refractivity contribution in [3.63, 3.8) is 0 Å². The fourth-order valence-corrected chi connectivity index (χ4v) is 4.13. The van der Waals surface area contributed by atoms with Gasteiger partial charge in [0.15, 0.2) is 0 Å². The third-order valence-electron chi connectivity index (χ3n) is 6.02. The lowest BCUT2D eigenvalue weighted by atomic mass is 10.1. The summed E-state index contributed by atoms with van der Waals surface area (Å²) < 4.78 is 7.19. The van der Waals surface area contributed by atoms with Gasteiger partial charge in [0.25, 0.3) is 5.56 Å². The summed E-state index contributed by atoms with van der Waals surface area (Å²) in [5.41, 5.74) is 2.27. The minimum atomic E-state index is -0.425. The number of benzene rings is 2. The molecule has 5 rings (SSSR count). The van der Waals surface area contributed by atoms with Crippen molar-refractivity contribution in [1.29, 1.82) is 0 Å². The number of carbonyl (C=O) groups is 1. The highest BCUT2D eigenvalue weighted by atomic mass is 16.3. The van der Waals surface area contributed by atoms with Crippen molar-refractivity contribution >= 4 is 16.8 Å². The van der Waals surface area contributed by atoms with Crippen molar-refractivity contribution in [3.05, 3.63) is 94.4 Å². The lowest BCUT2D eigenvalue weighted by molar-refractivity contribution is -0.136. The van der Waals surface area contributed by atoms with E-state index in [9.17, 15) is 9.59 Å². The van der Waals surface area contributed by atoms with Gasteiger partial charge in [0.1, 0.15) is 11.6 Å². The van der Waals surface area contributed by atoms with Crippen LogP contribution in [0.25, 0.3) is 16.6 Å². The number of fused-ring (bicyclic) bond motifs is 1. The molecule has 1 aliphatic carbocycles. The molecule has 0 bridgehead atoms. The third kappa shape index (κ3) is 3.73. The zero-order valence-electron chi connectivity index (χ0n) is 18.2. The molecule has 1 fully saturated rings. The van der Waals surface area contributed by atoms with Gasteiger partial charge in [0.05, 0.1) is 35.4 Å². The Labute approximate surface area is 186 Å². The van der Waals surface area contributed by atoms with Gasteiger partial charge < -0.3 is 9.32 Å². The van der Waals surface area contributed by atoms with Crippen LogP contribution in [0.2, 0.25) is 0 Å². The molecule has 0 N–H and O–H groups in total. The number of aromatic nitrogens is 2. The molecular formula is C26H25N3O3. The Morgan fingerprint density at radius 2 is 1.97 bits per heavy atom. The average Bonchev–Trinajstić information content (AvgIpc) is 3.52. The Morgan fingerprint density at radius 3 is 2.69 bits per heavy atom. The molecule has 0 radical (unpaired) electrons. The second kappa shape index (κ2) is 8.11. The molecular weight excluding hydrogens is 402 g/mol. The highest BCUT2D eigenvalue weighted by Crippen LogP contribution is 2.35. The Kier molecular flexibility index (Phi) is 5.13. The van der Waals surface area contributed by atoms with E-state index in [4.69, 9.17) is 9.40 Å². The van der Waals surface area contributed by atoms with Gasteiger partial charge in [0, 0.05) is 5.92 Å². The lowest BCUT2D eigenvalue weighted by Crippen LogP contribution is -2.37. The maximum Gasteiger partial charge on any atom is 0.266 e. The smallest absolute Gasteiger partial charge is 0.266 e. The Hall–Kier alpha value is -3.67. The molecule has 162 valence electrons. The van der Waals surface area contributed by atoms with E-state index in [1.807, 2.05) is 68.4 Å². The van der Waals surface area contributed by atoms with E-state index in [0.717, 1.165) is 24.1 Å². The van der Waals surface area contributed by atoms with Gasteiger partial charge >= 0.3 is 0 Å². The summed E-state index contributed by atoms with van der Waals surface area (Å²) in [6, 6.07) is 18.4. The van der Waals surface area contributed by atoms with Crippen LogP contribution in [-0.2, 0) is 11.3 Å². The zero-order chi connectivity index (χ0) is 22.2. The van der Waals surface area contributed by atoms with Crippen LogP contribution in [0.5, 0.6) is 0 Å². The first-order valence-electron chi connectivity index (χ1n) is 10.9. The van der Waals surface area contributed by atoms with Crippen LogP contribution in [0.15, 0.2) is 76.1 Å². The first-order valence-corrected chi connectivity index (χ1v) is 10.9. The largest absolute Gasteiger partial charge is 0.467 e. The number of hydrogen-bond donors (Lipinski definition) is 0. The maximum atomic E-state index is 13.6. The van der Waals surface area contributed by atoms with Gasteiger partial charge in [-0.05, 0) is 68.7 Å². The average molecular weight is 428 g/mol. The number of amides is 1. The molecule has 1 aliphatic rings. The summed E-state index contributed by atoms with van der Waals surface area (Å²) >= 11 is 0. The summed E-state index contributed by atoms with van der Waals surface area (Å²) in [7, 11) is 0. The highest BCUT2D eigenvalue weighted by Gasteiger charge is 2.37. The third-order valence-corrected chi connectivity index (χ3v) is 6.02. The molecule has 6 nitrogen and oxygen atoms in total. The molecule has 1 unspecified atom stereocenters. The van der Waals surface area contributed by atoms with Crippen molar-refractivity contribution in [2.75, 3.05) is 0 Å². The van der Waals surface area contributed by atoms with Crippen molar-refractivity contribution in [1.82, 2.24) is 14.5 Å². The molecule has 2 aromatic heterocycles. The molecule has 0 saturated heterocycles. The fraction of sp³-hybridized carbons (Fsp3) is 0.269. The molecule has 32 heavy (non-hydrogen) atoms. The fourth-order valence-electron chi connectivity index (χ4n) is 4.13. The van der Waals surface area contributed by atoms with Crippen molar-refractivity contribution < 1.29 is 9.21 Å². The molecule has 0 aliphatic heterocycles. The van der Waals surface area contributed by atoms with Gasteiger partial charge in [-0.15, -0.1) is 0 Å². The van der Waals surface area contributed by atoms with E-state index >= 15 is 0 Å². The van der Waals surface area contributed by atoms with Crippen LogP contribution >= 0.6 is 0 Å². The second-order valence-electron chi connectivity index (χ2n) is 8.46. The van der Waals surface area contributed by atoms with Gasteiger partial charge in [-0.25, -0.2) is 4.98 Å². The van der Waals surface area contributed by atoms with E-state index in [0.29, 0.717) is 29.0 Å². The van der Waals surface area contributed by atoms with Crippen LogP contribution in [0.1, 0.15) is 43.0 Å². The molecule has 4 aromatic rings. The SMILES string of the molecule is Cc1cccc(-n2c(C(C)N(Cc3ccco3)C(=O)C3CC3)nc3ccccc3c2=O)c1. The predicted molar refractivity (Wildman–Crippen MR) is 122 cm³/mol. The second-order valence-corrected chi connectivity index (χ2v) is 8.46. The van der Waals surface area contributed by atoms with Crippen molar-refractivity contribution in [3.8, 4) is 5.69 Å². The quantitative estimate of drug-likeness (QED) is 0.444. The van der Waals surface area contributed by atoms with Crippen LogP contribution in [0.3, 0.4) is 0 Å². The standard InChI is InChI=1S/C26H25N3O3/c1-17-7-5-8-20(15-17)29-24(27-23-11-4-3-10-22(23)26(29)31)18(2)28(25(30)19-12-13-19)16-21-9-6-14-32-21/h3-11,14-15,18-19H,12-13,16H2,1-2H3. The topological polar surface area (TPSA) is 68.3 Å². The van der Waals surface area contributed by atoms with Crippen molar-refractivity contribution in [2.45, 2.75) is 39.3 Å². The van der Waals surface area contributed by atoms with Gasteiger partial charge in [-0.2, -0.15) is 0 Å². The van der Waals surface area contributed by atoms with Crippen LogP contribution in [0, 0.1) is 12.8 Å². The van der Waals surface area contributed by atoms with Gasteiger partial charge in [-0.1, -0.05) is 24.3 Å². The number of aryl methyl sites for hydroxylation is 1. The van der Waals surface area contributed by atoms with E-state index in [1.165, 1.54) is 0 Å². The molecule has 1 amide bonds. The Balaban J connectivity index is 1.69. The molecule has 2 aromatic carbocycles. The molecule has 1 atom stereocenters. The molecule has 1 saturated carbocycles. The number of hydrogen-bond acceptors (Lipinski definition) is 4. The monoisotopic (exact) mass is 427 g/mol.